The maximum atomic E-state index is 12.2. The smallest absolute Gasteiger partial charge is 0.409 e. The molecule has 146 valence electrons. The highest BCUT2D eigenvalue weighted by Crippen LogP contribution is 2.15. The number of nitrogens with one attached hydrogen (secondary N) is 2. The highest BCUT2D eigenvalue weighted by Gasteiger charge is 2.28. The number of carbonyl (C=O) groups is 1. The molecule has 8 nitrogen and oxygen atoms in total. The summed E-state index contributed by atoms with van der Waals surface area (Å²) < 4.78 is 28.3. The van der Waals surface area contributed by atoms with Gasteiger partial charge >= 0.3 is 6.09 Å². The van der Waals surface area contributed by atoms with E-state index in [1.165, 1.54) is 7.11 Å². The second-order valence-corrected chi connectivity index (χ2v) is 9.93. The fourth-order valence-electron chi connectivity index (χ4n) is 2.43. The number of hydrogen-bond acceptors (Lipinski definition) is 5. The second-order valence-electron chi connectivity index (χ2n) is 7.07. The van der Waals surface area contributed by atoms with E-state index in [0.29, 0.717) is 25.6 Å². The van der Waals surface area contributed by atoms with Crippen LogP contribution in [0.1, 0.15) is 40.5 Å². The molecule has 0 aromatic heterocycles. The van der Waals surface area contributed by atoms with Crippen LogP contribution in [0.2, 0.25) is 0 Å². The number of piperidine rings is 1. The zero-order valence-electron chi connectivity index (χ0n) is 16.0. The Balaban J connectivity index is 2.56. The van der Waals surface area contributed by atoms with Crippen molar-refractivity contribution in [1.82, 2.24) is 15.5 Å². The Labute approximate surface area is 151 Å². The fourth-order valence-corrected chi connectivity index (χ4v) is 3.38. The summed E-state index contributed by atoms with van der Waals surface area (Å²) in [5.41, 5.74) is 0. The summed E-state index contributed by atoms with van der Waals surface area (Å²) in [6, 6.07) is 0.193. The number of aliphatic imine (C=N–C) groups is 1. The lowest BCUT2D eigenvalue weighted by atomic mass is 10.1. The summed E-state index contributed by atoms with van der Waals surface area (Å²) in [5.74, 6) is 0.636. The van der Waals surface area contributed by atoms with Gasteiger partial charge in [-0.1, -0.05) is 0 Å². The van der Waals surface area contributed by atoms with E-state index in [4.69, 9.17) is 4.74 Å². The SMILES string of the molecule is CCNC(=NCCS(=O)(=O)C(C)(C)C)NC1CCN(C(=O)OC)CC1. The monoisotopic (exact) mass is 376 g/mol. The molecule has 0 unspecified atom stereocenters. The van der Waals surface area contributed by atoms with Gasteiger partial charge in [0, 0.05) is 25.7 Å². The molecule has 0 aliphatic carbocycles. The van der Waals surface area contributed by atoms with Crippen LogP contribution in [0.25, 0.3) is 0 Å². The molecule has 25 heavy (non-hydrogen) atoms. The van der Waals surface area contributed by atoms with E-state index in [-0.39, 0.29) is 24.4 Å². The zero-order chi connectivity index (χ0) is 19.1. The van der Waals surface area contributed by atoms with Crippen LogP contribution in [0.4, 0.5) is 4.79 Å². The Kier molecular flexibility index (Phi) is 7.98. The summed E-state index contributed by atoms with van der Waals surface area (Å²) in [6.07, 6.45) is 1.28. The van der Waals surface area contributed by atoms with Gasteiger partial charge in [-0.3, -0.25) is 4.99 Å². The Bertz CT molecular complexity index is 561. The molecule has 2 N–H and O–H groups in total. The Morgan fingerprint density at radius 2 is 1.88 bits per heavy atom. The van der Waals surface area contributed by atoms with Crippen molar-refractivity contribution in [1.29, 1.82) is 0 Å². The molecule has 0 radical (unpaired) electrons. The van der Waals surface area contributed by atoms with E-state index >= 15 is 0 Å². The number of amides is 1. The molecule has 1 heterocycles. The van der Waals surface area contributed by atoms with Crippen LogP contribution in [0.3, 0.4) is 0 Å². The molecule has 1 saturated heterocycles. The average molecular weight is 377 g/mol. The van der Waals surface area contributed by atoms with Gasteiger partial charge in [-0.15, -0.1) is 0 Å². The predicted molar refractivity (Wildman–Crippen MR) is 99.7 cm³/mol. The number of sulfone groups is 1. The molecule has 0 bridgehead atoms. The number of ether oxygens (including phenoxy) is 1. The van der Waals surface area contributed by atoms with Crippen LogP contribution < -0.4 is 10.6 Å². The highest BCUT2D eigenvalue weighted by molar-refractivity contribution is 7.92. The van der Waals surface area contributed by atoms with E-state index in [9.17, 15) is 13.2 Å². The van der Waals surface area contributed by atoms with Crippen LogP contribution in [-0.4, -0.2) is 75.2 Å². The van der Waals surface area contributed by atoms with Crippen molar-refractivity contribution in [3.63, 3.8) is 0 Å². The fraction of sp³-hybridized carbons (Fsp3) is 0.875. The van der Waals surface area contributed by atoms with E-state index in [1.807, 2.05) is 6.92 Å². The first-order chi connectivity index (χ1) is 11.6. The molecule has 0 atom stereocenters. The topological polar surface area (TPSA) is 100 Å². The minimum absolute atomic E-state index is 0.0217. The molecule has 1 amide bonds. The summed E-state index contributed by atoms with van der Waals surface area (Å²) in [7, 11) is -1.80. The first-order valence-corrected chi connectivity index (χ1v) is 10.4. The maximum absolute atomic E-state index is 12.2. The number of hydrogen-bond donors (Lipinski definition) is 2. The van der Waals surface area contributed by atoms with Gasteiger partial charge in [-0.2, -0.15) is 0 Å². The Morgan fingerprint density at radius 3 is 2.36 bits per heavy atom. The quantitative estimate of drug-likeness (QED) is 0.548. The van der Waals surface area contributed by atoms with Crippen molar-refractivity contribution < 1.29 is 17.9 Å². The molecular weight excluding hydrogens is 344 g/mol. The lowest BCUT2D eigenvalue weighted by Crippen LogP contribution is -2.50. The maximum Gasteiger partial charge on any atom is 0.409 e. The van der Waals surface area contributed by atoms with Crippen molar-refractivity contribution in [2.45, 2.75) is 51.3 Å². The normalized spacial score (nSPS) is 17.3. The minimum atomic E-state index is -3.18. The van der Waals surface area contributed by atoms with E-state index in [0.717, 1.165) is 12.8 Å². The molecule has 1 fully saturated rings. The number of guanidine groups is 1. The van der Waals surface area contributed by atoms with Gasteiger partial charge in [0.05, 0.1) is 24.2 Å². The lowest BCUT2D eigenvalue weighted by Gasteiger charge is -2.32. The largest absolute Gasteiger partial charge is 0.453 e. The highest BCUT2D eigenvalue weighted by atomic mass is 32.2. The summed E-state index contributed by atoms with van der Waals surface area (Å²) >= 11 is 0. The van der Waals surface area contributed by atoms with Crippen LogP contribution in [-0.2, 0) is 14.6 Å². The molecule has 1 aliphatic heterocycles. The van der Waals surface area contributed by atoms with E-state index in [2.05, 4.69) is 15.6 Å². The Morgan fingerprint density at radius 1 is 1.28 bits per heavy atom. The summed E-state index contributed by atoms with van der Waals surface area (Å²) in [5, 5.41) is 6.46. The third kappa shape index (κ3) is 6.72. The van der Waals surface area contributed by atoms with Crippen LogP contribution in [0, 0.1) is 0 Å². The number of methoxy groups -OCH3 is 1. The Hall–Kier alpha value is -1.51. The molecule has 1 rings (SSSR count). The standard InChI is InChI=1S/C16H32N4O4S/c1-6-17-14(18-9-12-25(22,23)16(2,3)4)19-13-7-10-20(11-8-13)15(21)24-5/h13H,6-12H2,1-5H3,(H2,17,18,19). The first-order valence-electron chi connectivity index (χ1n) is 8.70. The third-order valence-electron chi connectivity index (χ3n) is 4.18. The van der Waals surface area contributed by atoms with E-state index < -0.39 is 14.6 Å². The number of likely N-dealkylation sites (tertiary alicyclic amines) is 1. The van der Waals surface area contributed by atoms with Gasteiger partial charge in [0.15, 0.2) is 15.8 Å². The number of nitrogens with zero attached hydrogens (tertiary/aromatic N) is 2. The zero-order valence-corrected chi connectivity index (χ0v) is 16.8. The van der Waals surface area contributed by atoms with Crippen molar-refractivity contribution in [3.8, 4) is 0 Å². The van der Waals surface area contributed by atoms with Crippen LogP contribution in [0.5, 0.6) is 0 Å². The first kappa shape index (κ1) is 21.5. The molecule has 9 heteroatoms. The summed E-state index contributed by atoms with van der Waals surface area (Å²) in [6.45, 7) is 9.22. The average Bonchev–Trinajstić information content (AvgIpc) is 2.53. The van der Waals surface area contributed by atoms with E-state index in [1.54, 1.807) is 25.7 Å². The molecular formula is C16H32N4O4S. The van der Waals surface area contributed by atoms with Crippen LogP contribution in [0.15, 0.2) is 4.99 Å². The molecule has 0 saturated carbocycles. The summed E-state index contributed by atoms with van der Waals surface area (Å²) in [4.78, 5) is 17.6. The predicted octanol–water partition coefficient (Wildman–Crippen LogP) is 0.986. The second kappa shape index (κ2) is 9.26. The minimum Gasteiger partial charge on any atom is -0.453 e. The molecule has 0 aromatic rings. The van der Waals surface area contributed by atoms with Crippen LogP contribution >= 0.6 is 0 Å². The van der Waals surface area contributed by atoms with Crippen molar-refractivity contribution >= 4 is 21.9 Å². The van der Waals surface area contributed by atoms with Gasteiger partial charge in [0.2, 0.25) is 0 Å². The van der Waals surface area contributed by atoms with Gasteiger partial charge in [0.1, 0.15) is 0 Å². The lowest BCUT2D eigenvalue weighted by molar-refractivity contribution is 0.111. The number of rotatable bonds is 5. The molecule has 0 spiro atoms. The van der Waals surface area contributed by atoms with Gasteiger partial charge in [-0.05, 0) is 40.5 Å². The van der Waals surface area contributed by atoms with Crippen molar-refractivity contribution in [3.05, 3.63) is 0 Å². The van der Waals surface area contributed by atoms with Crippen molar-refractivity contribution in [2.75, 3.05) is 39.0 Å². The van der Waals surface area contributed by atoms with Gasteiger partial charge in [0.25, 0.3) is 0 Å². The van der Waals surface area contributed by atoms with Crippen molar-refractivity contribution in [2.24, 2.45) is 4.99 Å². The molecule has 0 aromatic carbocycles. The van der Waals surface area contributed by atoms with Gasteiger partial charge < -0.3 is 20.3 Å². The van der Waals surface area contributed by atoms with Gasteiger partial charge in [-0.25, -0.2) is 13.2 Å². The number of carbonyl (C=O) groups excluding carboxylic acids is 1. The molecule has 1 aliphatic rings. The third-order valence-corrected chi connectivity index (χ3v) is 6.76.